The van der Waals surface area contributed by atoms with Crippen LogP contribution in [0.5, 0.6) is 0 Å². The number of hydrogen-bond acceptors (Lipinski definition) is 7. The van der Waals surface area contributed by atoms with Gasteiger partial charge in [0.2, 0.25) is 17.7 Å². The normalized spacial score (nSPS) is 14.6. The minimum absolute atomic E-state index is 0.0516. The lowest BCUT2D eigenvalue weighted by atomic mass is 9.96. The van der Waals surface area contributed by atoms with Gasteiger partial charge < -0.3 is 44.0 Å². The first-order chi connectivity index (χ1) is 19.0. The molecule has 0 saturated heterocycles. The number of carboxylic acid groups (broad SMARTS) is 1. The van der Waals surface area contributed by atoms with Crippen LogP contribution < -0.4 is 38.9 Å². The number of rotatable bonds is 19. The van der Waals surface area contributed by atoms with Crippen molar-refractivity contribution in [1.29, 1.82) is 0 Å². The molecular formula is C27H46N8O5. The summed E-state index contributed by atoms with van der Waals surface area (Å²) >= 11 is 0. The van der Waals surface area contributed by atoms with Crippen LogP contribution in [0.1, 0.15) is 57.9 Å². The van der Waals surface area contributed by atoms with E-state index in [4.69, 9.17) is 22.9 Å². The van der Waals surface area contributed by atoms with Crippen LogP contribution in [-0.4, -0.2) is 72.0 Å². The molecule has 40 heavy (non-hydrogen) atoms. The Bertz CT molecular complexity index is 971. The predicted molar refractivity (Wildman–Crippen MR) is 154 cm³/mol. The fourth-order valence-corrected chi connectivity index (χ4v) is 3.96. The molecule has 224 valence electrons. The maximum Gasteiger partial charge on any atom is 0.326 e. The van der Waals surface area contributed by atoms with Gasteiger partial charge in [0.05, 0.1) is 6.04 Å². The molecule has 5 unspecified atom stereocenters. The van der Waals surface area contributed by atoms with Crippen LogP contribution in [0.3, 0.4) is 0 Å². The van der Waals surface area contributed by atoms with Gasteiger partial charge in [0.25, 0.3) is 0 Å². The fourth-order valence-electron chi connectivity index (χ4n) is 3.96. The summed E-state index contributed by atoms with van der Waals surface area (Å²) in [6, 6.07) is 4.89. The second-order valence-electron chi connectivity index (χ2n) is 9.86. The van der Waals surface area contributed by atoms with Gasteiger partial charge >= 0.3 is 5.97 Å². The van der Waals surface area contributed by atoms with Gasteiger partial charge in [0.1, 0.15) is 18.1 Å². The number of carboxylic acids is 1. The number of aliphatic imine (C=N–C) groups is 1. The summed E-state index contributed by atoms with van der Waals surface area (Å²) < 4.78 is 0. The van der Waals surface area contributed by atoms with E-state index < -0.39 is 47.9 Å². The Labute approximate surface area is 235 Å². The third-order valence-corrected chi connectivity index (χ3v) is 6.57. The van der Waals surface area contributed by atoms with E-state index in [1.165, 1.54) is 0 Å². The lowest BCUT2D eigenvalue weighted by Crippen LogP contribution is -2.58. The van der Waals surface area contributed by atoms with E-state index in [9.17, 15) is 24.3 Å². The van der Waals surface area contributed by atoms with Crippen molar-refractivity contribution in [2.75, 3.05) is 13.1 Å². The lowest BCUT2D eigenvalue weighted by Gasteiger charge is -2.28. The predicted octanol–water partition coefficient (Wildman–Crippen LogP) is -0.676. The summed E-state index contributed by atoms with van der Waals surface area (Å²) in [6.45, 7) is 4.38. The minimum Gasteiger partial charge on any atom is -0.480 e. The molecule has 12 N–H and O–H groups in total. The van der Waals surface area contributed by atoms with Gasteiger partial charge in [0.15, 0.2) is 5.96 Å². The SMILES string of the molecule is CCC(C)C(NC(=O)C(CCCCN)NC(=O)C(N)CCCN=C(N)N)C(=O)NC(Cc1ccccc1)C(=O)O. The van der Waals surface area contributed by atoms with Crippen molar-refractivity contribution < 1.29 is 24.3 Å². The van der Waals surface area contributed by atoms with Crippen molar-refractivity contribution in [3.8, 4) is 0 Å². The summed E-state index contributed by atoms with van der Waals surface area (Å²) in [6.07, 6.45) is 2.89. The minimum atomic E-state index is -1.19. The molecule has 1 aromatic carbocycles. The second-order valence-corrected chi connectivity index (χ2v) is 9.86. The Morgan fingerprint density at radius 3 is 2.12 bits per heavy atom. The molecule has 3 amide bonds. The van der Waals surface area contributed by atoms with Gasteiger partial charge in [0, 0.05) is 13.0 Å². The molecule has 13 heteroatoms. The van der Waals surface area contributed by atoms with Gasteiger partial charge in [-0.1, -0.05) is 50.6 Å². The monoisotopic (exact) mass is 562 g/mol. The number of nitrogens with zero attached hydrogens (tertiary/aromatic N) is 1. The van der Waals surface area contributed by atoms with Crippen LogP contribution in [0, 0.1) is 5.92 Å². The standard InChI is InChI=1S/C27H46N8O5/c1-3-17(2)22(25(38)34-21(26(39)40)16-18-10-5-4-6-11-18)35-24(37)20(13-7-8-14-28)33-23(36)19(29)12-9-15-32-27(30)31/h4-6,10-11,17,19-22H,3,7-9,12-16,28-29H2,1-2H3,(H,33,36)(H,34,38)(H,35,37)(H,39,40)(H4,30,31,32). The molecule has 1 aromatic rings. The first-order valence-corrected chi connectivity index (χ1v) is 13.7. The molecule has 0 aromatic heterocycles. The number of guanidine groups is 1. The number of amides is 3. The summed E-state index contributed by atoms with van der Waals surface area (Å²) in [5, 5.41) is 17.7. The molecule has 0 saturated carbocycles. The average Bonchev–Trinajstić information content (AvgIpc) is 2.92. The van der Waals surface area contributed by atoms with E-state index in [2.05, 4.69) is 20.9 Å². The molecule has 0 spiro atoms. The van der Waals surface area contributed by atoms with E-state index >= 15 is 0 Å². The van der Waals surface area contributed by atoms with Crippen LogP contribution in [-0.2, 0) is 25.6 Å². The topological polar surface area (TPSA) is 241 Å². The maximum absolute atomic E-state index is 13.3. The summed E-state index contributed by atoms with van der Waals surface area (Å²) in [5.41, 5.74) is 23.0. The van der Waals surface area contributed by atoms with E-state index in [1.807, 2.05) is 13.0 Å². The Hall–Kier alpha value is -3.71. The van der Waals surface area contributed by atoms with E-state index in [-0.39, 0.29) is 24.7 Å². The number of aliphatic carboxylic acids is 1. The molecule has 1 rings (SSSR count). The molecule has 0 heterocycles. The third kappa shape index (κ3) is 12.9. The summed E-state index contributed by atoms with van der Waals surface area (Å²) in [4.78, 5) is 55.1. The Balaban J connectivity index is 2.97. The van der Waals surface area contributed by atoms with Crippen molar-refractivity contribution in [1.82, 2.24) is 16.0 Å². The number of nitrogens with one attached hydrogen (secondary N) is 3. The molecule has 0 aliphatic rings. The zero-order valence-electron chi connectivity index (χ0n) is 23.5. The highest BCUT2D eigenvalue weighted by atomic mass is 16.4. The highest BCUT2D eigenvalue weighted by molar-refractivity contribution is 5.94. The molecule has 0 aliphatic carbocycles. The van der Waals surface area contributed by atoms with Crippen molar-refractivity contribution in [3.63, 3.8) is 0 Å². The molecular weight excluding hydrogens is 516 g/mol. The number of hydrogen-bond donors (Lipinski definition) is 8. The van der Waals surface area contributed by atoms with Crippen LogP contribution in [0.25, 0.3) is 0 Å². The van der Waals surface area contributed by atoms with Gasteiger partial charge in [-0.05, 0) is 50.1 Å². The van der Waals surface area contributed by atoms with E-state index in [0.29, 0.717) is 45.2 Å². The van der Waals surface area contributed by atoms with Gasteiger partial charge in [-0.2, -0.15) is 0 Å². The lowest BCUT2D eigenvalue weighted by molar-refractivity contribution is -0.142. The largest absolute Gasteiger partial charge is 0.480 e. The van der Waals surface area contributed by atoms with E-state index in [1.54, 1.807) is 31.2 Å². The number of unbranched alkanes of at least 4 members (excludes halogenated alkanes) is 1. The van der Waals surface area contributed by atoms with Crippen LogP contribution in [0.4, 0.5) is 0 Å². The van der Waals surface area contributed by atoms with Crippen LogP contribution in [0.2, 0.25) is 0 Å². The summed E-state index contributed by atoms with van der Waals surface area (Å²) in [5.74, 6) is -3.25. The number of nitrogens with two attached hydrogens (primary N) is 4. The van der Waals surface area contributed by atoms with E-state index in [0.717, 1.165) is 5.56 Å². The van der Waals surface area contributed by atoms with Gasteiger partial charge in [-0.15, -0.1) is 0 Å². The van der Waals surface area contributed by atoms with Crippen LogP contribution >= 0.6 is 0 Å². The summed E-state index contributed by atoms with van der Waals surface area (Å²) in [7, 11) is 0. The highest BCUT2D eigenvalue weighted by Crippen LogP contribution is 2.12. The molecule has 5 atom stereocenters. The maximum atomic E-state index is 13.3. The quantitative estimate of drug-likeness (QED) is 0.0604. The molecule has 0 aliphatic heterocycles. The molecule has 13 nitrogen and oxygen atoms in total. The third-order valence-electron chi connectivity index (χ3n) is 6.57. The number of carbonyl (C=O) groups is 4. The average molecular weight is 563 g/mol. The van der Waals surface area contributed by atoms with Crippen molar-refractivity contribution in [2.45, 2.75) is 83.0 Å². The zero-order valence-corrected chi connectivity index (χ0v) is 23.5. The number of carbonyl (C=O) groups excluding carboxylic acids is 3. The Morgan fingerprint density at radius 1 is 0.900 bits per heavy atom. The van der Waals surface area contributed by atoms with Gasteiger partial charge in [-0.3, -0.25) is 19.4 Å². The Kier molecular flexibility index (Phi) is 15.9. The van der Waals surface area contributed by atoms with Crippen molar-refractivity contribution in [3.05, 3.63) is 35.9 Å². The van der Waals surface area contributed by atoms with Crippen molar-refractivity contribution >= 4 is 29.7 Å². The molecule has 0 fully saturated rings. The zero-order chi connectivity index (χ0) is 30.1. The smallest absolute Gasteiger partial charge is 0.326 e. The first kappa shape index (κ1) is 34.3. The van der Waals surface area contributed by atoms with Crippen LogP contribution in [0.15, 0.2) is 35.3 Å². The highest BCUT2D eigenvalue weighted by Gasteiger charge is 2.32. The first-order valence-electron chi connectivity index (χ1n) is 13.7. The molecule has 0 bridgehead atoms. The molecule has 0 radical (unpaired) electrons. The van der Waals surface area contributed by atoms with Crippen molar-refractivity contribution in [2.24, 2.45) is 33.8 Å². The number of benzene rings is 1. The second kappa shape index (κ2) is 18.6. The Morgan fingerprint density at radius 2 is 1.55 bits per heavy atom. The fraction of sp³-hybridized carbons (Fsp3) is 0.593. The van der Waals surface area contributed by atoms with Gasteiger partial charge in [-0.25, -0.2) is 4.79 Å².